The number of ether oxygens (including phenoxy) is 1. The highest BCUT2D eigenvalue weighted by atomic mass is 32.1. The summed E-state index contributed by atoms with van der Waals surface area (Å²) < 4.78 is 9.03. The first-order valence-electron chi connectivity index (χ1n) is 11.0. The Labute approximate surface area is 184 Å². The molecule has 1 fully saturated rings. The van der Waals surface area contributed by atoms with Gasteiger partial charge in [-0.2, -0.15) is 0 Å². The van der Waals surface area contributed by atoms with E-state index in [0.717, 1.165) is 34.9 Å². The molecule has 0 N–H and O–H groups in total. The Morgan fingerprint density at radius 2 is 1.94 bits per heavy atom. The molecule has 31 heavy (non-hydrogen) atoms. The van der Waals surface area contributed by atoms with Crippen molar-refractivity contribution in [1.29, 1.82) is 0 Å². The SMILES string of the molecule is CC1(C)Cc2c(sc3c2c(=O)n(-c2ccccn2)c(=O)n3CCN2CCCCC2)CO1. The lowest BCUT2D eigenvalue weighted by Gasteiger charge is -2.30. The molecule has 0 aliphatic carbocycles. The van der Waals surface area contributed by atoms with Crippen LogP contribution in [0.25, 0.3) is 16.0 Å². The summed E-state index contributed by atoms with van der Waals surface area (Å²) >= 11 is 1.53. The Kier molecular flexibility index (Phi) is 5.32. The van der Waals surface area contributed by atoms with E-state index in [1.54, 1.807) is 29.0 Å². The number of thiophene rings is 1. The molecule has 7 nitrogen and oxygen atoms in total. The number of likely N-dealkylation sites (tertiary alicyclic amines) is 1. The van der Waals surface area contributed by atoms with Crippen molar-refractivity contribution in [2.45, 2.75) is 58.3 Å². The first-order valence-corrected chi connectivity index (χ1v) is 11.8. The third-order valence-electron chi connectivity index (χ3n) is 6.32. The smallest absolute Gasteiger partial charge is 0.338 e. The van der Waals surface area contributed by atoms with E-state index in [-0.39, 0.29) is 16.9 Å². The van der Waals surface area contributed by atoms with Gasteiger partial charge in [0.25, 0.3) is 5.56 Å². The van der Waals surface area contributed by atoms with E-state index < -0.39 is 0 Å². The van der Waals surface area contributed by atoms with Gasteiger partial charge in [0.15, 0.2) is 0 Å². The Hall–Kier alpha value is -2.29. The molecule has 0 saturated carbocycles. The molecule has 0 unspecified atom stereocenters. The average Bonchev–Trinajstić information content (AvgIpc) is 3.13. The van der Waals surface area contributed by atoms with Gasteiger partial charge in [-0.25, -0.2) is 14.3 Å². The van der Waals surface area contributed by atoms with Gasteiger partial charge in [0, 0.05) is 30.6 Å². The number of rotatable bonds is 4. The van der Waals surface area contributed by atoms with E-state index in [4.69, 9.17) is 4.74 Å². The Morgan fingerprint density at radius 1 is 1.13 bits per heavy atom. The largest absolute Gasteiger partial charge is 0.370 e. The maximum atomic E-state index is 13.6. The summed E-state index contributed by atoms with van der Waals surface area (Å²) in [6.07, 6.45) is 5.96. The molecule has 8 heteroatoms. The zero-order valence-corrected chi connectivity index (χ0v) is 18.9. The lowest BCUT2D eigenvalue weighted by atomic mass is 9.94. The maximum absolute atomic E-state index is 13.6. The molecule has 2 aliphatic heterocycles. The Bertz CT molecular complexity index is 1220. The molecule has 0 radical (unpaired) electrons. The molecule has 3 aromatic heterocycles. The fourth-order valence-corrected chi connectivity index (χ4v) is 5.91. The predicted octanol–water partition coefficient (Wildman–Crippen LogP) is 2.95. The molecule has 0 spiro atoms. The number of fused-ring (bicyclic) bond motifs is 3. The quantitative estimate of drug-likeness (QED) is 0.624. The van der Waals surface area contributed by atoms with E-state index in [1.807, 2.05) is 13.8 Å². The second kappa shape index (κ2) is 8.00. The average molecular weight is 441 g/mol. The van der Waals surface area contributed by atoms with Crippen LogP contribution >= 0.6 is 11.3 Å². The number of nitrogens with zero attached hydrogens (tertiary/aromatic N) is 4. The molecule has 5 rings (SSSR count). The molecular formula is C23H28N4O3S. The van der Waals surface area contributed by atoms with Gasteiger partial charge in [0.2, 0.25) is 0 Å². The van der Waals surface area contributed by atoms with Crippen LogP contribution in [-0.4, -0.2) is 44.3 Å². The van der Waals surface area contributed by atoms with E-state index in [0.29, 0.717) is 30.8 Å². The fourth-order valence-electron chi connectivity index (χ4n) is 4.67. The summed E-state index contributed by atoms with van der Waals surface area (Å²) in [6.45, 7) is 8.07. The second-order valence-electron chi connectivity index (χ2n) is 9.07. The fraction of sp³-hybridized carbons (Fsp3) is 0.522. The Morgan fingerprint density at radius 3 is 2.68 bits per heavy atom. The highest BCUT2D eigenvalue weighted by Crippen LogP contribution is 2.37. The molecule has 3 aromatic rings. The standard InChI is InChI=1S/C23H28N4O3S/c1-23(2)14-16-17(15-30-23)31-21-19(16)20(28)27(18-8-4-5-9-24-18)22(29)26(21)13-12-25-10-6-3-7-11-25/h4-5,8-9H,3,6-7,10-15H2,1-2H3. The minimum atomic E-state index is -0.335. The summed E-state index contributed by atoms with van der Waals surface area (Å²) in [5.41, 5.74) is 0.102. The number of aromatic nitrogens is 3. The molecule has 0 atom stereocenters. The van der Waals surface area contributed by atoms with Crippen molar-refractivity contribution in [2.75, 3.05) is 19.6 Å². The third-order valence-corrected chi connectivity index (χ3v) is 7.55. The molecule has 0 amide bonds. The number of hydrogen-bond donors (Lipinski definition) is 0. The van der Waals surface area contributed by atoms with Gasteiger partial charge in [-0.1, -0.05) is 12.5 Å². The van der Waals surface area contributed by atoms with Gasteiger partial charge >= 0.3 is 5.69 Å². The maximum Gasteiger partial charge on any atom is 0.338 e. The number of piperidine rings is 1. The van der Waals surface area contributed by atoms with E-state index in [9.17, 15) is 9.59 Å². The lowest BCUT2D eigenvalue weighted by Crippen LogP contribution is -2.42. The second-order valence-corrected chi connectivity index (χ2v) is 10.2. The van der Waals surface area contributed by atoms with Gasteiger partial charge in [-0.3, -0.25) is 9.36 Å². The summed E-state index contributed by atoms with van der Waals surface area (Å²) in [5, 5.41) is 0.653. The summed E-state index contributed by atoms with van der Waals surface area (Å²) in [4.78, 5) is 35.7. The number of pyridine rings is 1. The first kappa shape index (κ1) is 20.6. The normalized spacial score (nSPS) is 18.9. The van der Waals surface area contributed by atoms with Gasteiger partial charge in [0.1, 0.15) is 10.6 Å². The minimum Gasteiger partial charge on any atom is -0.370 e. The molecule has 0 aromatic carbocycles. The van der Waals surface area contributed by atoms with Crippen molar-refractivity contribution in [3.05, 3.63) is 55.7 Å². The number of hydrogen-bond acceptors (Lipinski definition) is 6. The van der Waals surface area contributed by atoms with Crippen LogP contribution in [0.2, 0.25) is 0 Å². The third kappa shape index (κ3) is 3.77. The van der Waals surface area contributed by atoms with Crippen molar-refractivity contribution < 1.29 is 4.74 Å². The topological polar surface area (TPSA) is 69.4 Å². The van der Waals surface area contributed by atoms with E-state index >= 15 is 0 Å². The van der Waals surface area contributed by atoms with Crippen molar-refractivity contribution in [1.82, 2.24) is 19.0 Å². The molecule has 164 valence electrons. The van der Waals surface area contributed by atoms with E-state index in [2.05, 4.69) is 9.88 Å². The highest BCUT2D eigenvalue weighted by Gasteiger charge is 2.32. The van der Waals surface area contributed by atoms with Gasteiger partial charge in [-0.05, 0) is 57.5 Å². The first-order chi connectivity index (χ1) is 14.9. The van der Waals surface area contributed by atoms with Crippen LogP contribution in [0.5, 0.6) is 0 Å². The van der Waals surface area contributed by atoms with Crippen molar-refractivity contribution in [3.63, 3.8) is 0 Å². The van der Waals surface area contributed by atoms with Crippen molar-refractivity contribution in [3.8, 4) is 5.82 Å². The summed E-state index contributed by atoms with van der Waals surface area (Å²) in [5.74, 6) is 0.373. The molecule has 5 heterocycles. The van der Waals surface area contributed by atoms with Crippen molar-refractivity contribution in [2.24, 2.45) is 0 Å². The van der Waals surface area contributed by atoms with Gasteiger partial charge < -0.3 is 9.64 Å². The monoisotopic (exact) mass is 440 g/mol. The predicted molar refractivity (Wildman–Crippen MR) is 122 cm³/mol. The van der Waals surface area contributed by atoms with Gasteiger partial charge in [-0.15, -0.1) is 11.3 Å². The van der Waals surface area contributed by atoms with Crippen LogP contribution in [0.4, 0.5) is 0 Å². The van der Waals surface area contributed by atoms with E-state index in [1.165, 1.54) is 35.2 Å². The summed E-state index contributed by atoms with van der Waals surface area (Å²) in [7, 11) is 0. The molecule has 0 bridgehead atoms. The van der Waals surface area contributed by atoms with Crippen molar-refractivity contribution >= 4 is 21.6 Å². The lowest BCUT2D eigenvalue weighted by molar-refractivity contribution is -0.0379. The van der Waals surface area contributed by atoms with Crippen LogP contribution in [0.1, 0.15) is 43.6 Å². The molecule has 2 aliphatic rings. The highest BCUT2D eigenvalue weighted by molar-refractivity contribution is 7.18. The van der Waals surface area contributed by atoms with Gasteiger partial charge in [0.05, 0.1) is 17.6 Å². The van der Waals surface area contributed by atoms with Crippen LogP contribution in [-0.2, 0) is 24.3 Å². The van der Waals surface area contributed by atoms with Crippen LogP contribution < -0.4 is 11.2 Å². The zero-order chi connectivity index (χ0) is 21.6. The van der Waals surface area contributed by atoms with Crippen LogP contribution in [0.3, 0.4) is 0 Å². The van der Waals surface area contributed by atoms with Crippen LogP contribution in [0.15, 0.2) is 34.0 Å². The molecule has 1 saturated heterocycles. The summed E-state index contributed by atoms with van der Waals surface area (Å²) in [6, 6.07) is 5.31. The van der Waals surface area contributed by atoms with Crippen LogP contribution in [0, 0.1) is 0 Å². The Balaban J connectivity index is 1.70. The zero-order valence-electron chi connectivity index (χ0n) is 18.1. The molecular weight excluding hydrogens is 412 g/mol. The minimum absolute atomic E-state index is 0.275.